The van der Waals surface area contributed by atoms with Gasteiger partial charge in [-0.25, -0.2) is 0 Å². The molecule has 0 aliphatic carbocycles. The van der Waals surface area contributed by atoms with Gasteiger partial charge in [-0.15, -0.1) is 0 Å². The van der Waals surface area contributed by atoms with E-state index < -0.39 is 0 Å². The molecule has 1 rings (SSSR count). The number of hydrogen-bond donors (Lipinski definition) is 0. The van der Waals surface area contributed by atoms with E-state index in [0.29, 0.717) is 0 Å². The third-order valence-corrected chi connectivity index (χ3v) is 2.55. The number of rotatable bonds is 3. The van der Waals surface area contributed by atoms with Crippen LogP contribution in [0.3, 0.4) is 0 Å². The van der Waals surface area contributed by atoms with Crippen LogP contribution in [-0.4, -0.2) is 5.54 Å². The fourth-order valence-electron chi connectivity index (χ4n) is 1.65. The maximum atomic E-state index is 4.23. The Labute approximate surface area is 74.8 Å². The van der Waals surface area contributed by atoms with Crippen LogP contribution in [0.15, 0.2) is 21.5 Å². The van der Waals surface area contributed by atoms with Crippen LogP contribution in [0.4, 0.5) is 0 Å². The fourth-order valence-corrected chi connectivity index (χ4v) is 1.65. The molecule has 0 N–H and O–H groups in total. The molecule has 67 valence electrons. The molecule has 0 aromatic carbocycles. The quantitative estimate of drug-likeness (QED) is 0.611. The topological polar surface area (TPSA) is 24.7 Å². The molecule has 1 aliphatic rings. The molecular formula is C10H17N2. The van der Waals surface area contributed by atoms with E-state index in [1.165, 1.54) is 5.57 Å². The second-order valence-electron chi connectivity index (χ2n) is 3.22. The zero-order chi connectivity index (χ0) is 9.19. The van der Waals surface area contributed by atoms with E-state index in [9.17, 15) is 0 Å². The minimum atomic E-state index is -0.236. The van der Waals surface area contributed by atoms with Crippen LogP contribution in [0.5, 0.6) is 0 Å². The van der Waals surface area contributed by atoms with E-state index in [1.807, 2.05) is 0 Å². The van der Waals surface area contributed by atoms with Crippen molar-refractivity contribution in [2.24, 2.45) is 10.2 Å². The number of hydrogen-bond acceptors (Lipinski definition) is 2. The molecule has 0 saturated carbocycles. The van der Waals surface area contributed by atoms with E-state index in [4.69, 9.17) is 0 Å². The Morgan fingerprint density at radius 1 is 1.25 bits per heavy atom. The summed E-state index contributed by atoms with van der Waals surface area (Å²) < 4.78 is 0. The molecule has 1 radical (unpaired) electrons. The van der Waals surface area contributed by atoms with Gasteiger partial charge in [0, 0.05) is 0 Å². The van der Waals surface area contributed by atoms with Crippen molar-refractivity contribution in [3.8, 4) is 0 Å². The Hall–Kier alpha value is -0.660. The van der Waals surface area contributed by atoms with Crippen molar-refractivity contribution >= 4 is 0 Å². The summed E-state index contributed by atoms with van der Waals surface area (Å²) in [5.41, 5.74) is 2.24. The lowest BCUT2D eigenvalue weighted by Crippen LogP contribution is -2.21. The van der Waals surface area contributed by atoms with E-state index in [2.05, 4.69) is 37.9 Å². The van der Waals surface area contributed by atoms with E-state index >= 15 is 0 Å². The maximum Gasteiger partial charge on any atom is 0.105 e. The van der Waals surface area contributed by atoms with Crippen LogP contribution in [-0.2, 0) is 0 Å². The number of allylic oxidation sites excluding steroid dienone is 1. The van der Waals surface area contributed by atoms with Crippen LogP contribution >= 0.6 is 0 Å². The van der Waals surface area contributed by atoms with Crippen LogP contribution in [0.25, 0.3) is 0 Å². The van der Waals surface area contributed by atoms with Gasteiger partial charge in [-0.05, 0) is 31.8 Å². The SMILES string of the molecule is [CH2]C1(CC)N=NC(CC)=C1CC. The molecule has 1 aliphatic heterocycles. The van der Waals surface area contributed by atoms with Gasteiger partial charge in [-0.1, -0.05) is 20.8 Å². The summed E-state index contributed by atoms with van der Waals surface area (Å²) in [7, 11) is 0. The highest BCUT2D eigenvalue weighted by atomic mass is 15.2. The second kappa shape index (κ2) is 3.38. The summed E-state index contributed by atoms with van der Waals surface area (Å²) in [6, 6.07) is 0. The first kappa shape index (κ1) is 9.43. The first-order valence-corrected chi connectivity index (χ1v) is 4.68. The van der Waals surface area contributed by atoms with Gasteiger partial charge < -0.3 is 0 Å². The summed E-state index contributed by atoms with van der Waals surface area (Å²) >= 11 is 0. The first-order chi connectivity index (χ1) is 5.68. The third kappa shape index (κ3) is 1.30. The first-order valence-electron chi connectivity index (χ1n) is 4.68. The lowest BCUT2D eigenvalue weighted by atomic mass is 9.87. The number of nitrogens with zero attached hydrogens (tertiary/aromatic N) is 2. The highest BCUT2D eigenvalue weighted by Gasteiger charge is 2.32. The van der Waals surface area contributed by atoms with Crippen LogP contribution in [0.2, 0.25) is 0 Å². The Balaban J connectivity index is 2.98. The summed E-state index contributed by atoms with van der Waals surface area (Å²) in [5.74, 6) is 0. The molecule has 12 heavy (non-hydrogen) atoms. The monoisotopic (exact) mass is 165 g/mol. The average Bonchev–Trinajstić information content (AvgIpc) is 2.43. The summed E-state index contributed by atoms with van der Waals surface area (Å²) in [5, 5.41) is 8.40. The van der Waals surface area contributed by atoms with Gasteiger partial charge in [0.15, 0.2) is 0 Å². The summed E-state index contributed by atoms with van der Waals surface area (Å²) in [6.45, 7) is 10.5. The van der Waals surface area contributed by atoms with Crippen LogP contribution in [0, 0.1) is 6.92 Å². The predicted octanol–water partition coefficient (Wildman–Crippen LogP) is 3.51. The molecule has 0 bridgehead atoms. The predicted molar refractivity (Wildman–Crippen MR) is 50.8 cm³/mol. The Morgan fingerprint density at radius 2 is 1.92 bits per heavy atom. The van der Waals surface area contributed by atoms with Gasteiger partial charge in [-0.2, -0.15) is 10.2 Å². The van der Waals surface area contributed by atoms with Crippen molar-refractivity contribution < 1.29 is 0 Å². The highest BCUT2D eigenvalue weighted by Crippen LogP contribution is 2.37. The molecule has 0 aromatic rings. The molecule has 0 spiro atoms. The molecule has 1 atom stereocenters. The van der Waals surface area contributed by atoms with Crippen molar-refractivity contribution in [3.63, 3.8) is 0 Å². The molecule has 0 saturated heterocycles. The Kier molecular flexibility index (Phi) is 2.65. The van der Waals surface area contributed by atoms with E-state index in [0.717, 1.165) is 25.0 Å². The minimum Gasteiger partial charge on any atom is -0.178 e. The smallest absolute Gasteiger partial charge is 0.105 e. The Morgan fingerprint density at radius 3 is 2.33 bits per heavy atom. The third-order valence-electron chi connectivity index (χ3n) is 2.55. The van der Waals surface area contributed by atoms with Crippen molar-refractivity contribution in [3.05, 3.63) is 18.2 Å². The van der Waals surface area contributed by atoms with E-state index in [-0.39, 0.29) is 5.54 Å². The highest BCUT2D eigenvalue weighted by molar-refractivity contribution is 5.30. The van der Waals surface area contributed by atoms with Gasteiger partial charge in [0.1, 0.15) is 5.54 Å². The van der Waals surface area contributed by atoms with Crippen molar-refractivity contribution in [1.29, 1.82) is 0 Å². The van der Waals surface area contributed by atoms with Gasteiger partial charge >= 0.3 is 0 Å². The van der Waals surface area contributed by atoms with Crippen molar-refractivity contribution in [2.45, 2.75) is 45.6 Å². The molecule has 0 amide bonds. The van der Waals surface area contributed by atoms with Gasteiger partial charge in [0.25, 0.3) is 0 Å². The van der Waals surface area contributed by atoms with Crippen LogP contribution in [0.1, 0.15) is 40.0 Å². The normalized spacial score (nSPS) is 28.7. The van der Waals surface area contributed by atoms with Gasteiger partial charge in [0.05, 0.1) is 5.70 Å². The van der Waals surface area contributed by atoms with Gasteiger partial charge in [-0.3, -0.25) is 0 Å². The largest absolute Gasteiger partial charge is 0.178 e. The molecule has 1 unspecified atom stereocenters. The summed E-state index contributed by atoms with van der Waals surface area (Å²) in [6.07, 6.45) is 2.95. The minimum absolute atomic E-state index is 0.236. The Bertz CT molecular complexity index is 228. The molecular weight excluding hydrogens is 148 g/mol. The average molecular weight is 165 g/mol. The summed E-state index contributed by atoms with van der Waals surface area (Å²) in [4.78, 5) is 0. The molecule has 1 heterocycles. The second-order valence-corrected chi connectivity index (χ2v) is 3.22. The zero-order valence-electron chi connectivity index (χ0n) is 8.22. The standard InChI is InChI=1S/C10H17N2/c1-5-8-9(6-2)11-12-10(8,4)7-3/h4-7H2,1-3H3. The molecule has 2 nitrogen and oxygen atoms in total. The van der Waals surface area contributed by atoms with Crippen molar-refractivity contribution in [2.75, 3.05) is 0 Å². The zero-order valence-corrected chi connectivity index (χ0v) is 8.22. The van der Waals surface area contributed by atoms with E-state index in [1.54, 1.807) is 0 Å². The van der Waals surface area contributed by atoms with Crippen molar-refractivity contribution in [1.82, 2.24) is 0 Å². The fraction of sp³-hybridized carbons (Fsp3) is 0.700. The molecule has 0 aromatic heterocycles. The lowest BCUT2D eigenvalue weighted by Gasteiger charge is -2.20. The molecule has 0 fully saturated rings. The molecule has 2 heteroatoms. The maximum absolute atomic E-state index is 4.23. The number of azo groups is 1. The lowest BCUT2D eigenvalue weighted by molar-refractivity contribution is 0.571. The van der Waals surface area contributed by atoms with Crippen LogP contribution < -0.4 is 0 Å². The van der Waals surface area contributed by atoms with Gasteiger partial charge in [0.2, 0.25) is 0 Å².